The summed E-state index contributed by atoms with van der Waals surface area (Å²) in [6, 6.07) is 4.72. The highest BCUT2D eigenvalue weighted by molar-refractivity contribution is 5.08. The van der Waals surface area contributed by atoms with Crippen LogP contribution in [0.3, 0.4) is 0 Å². The van der Waals surface area contributed by atoms with Crippen molar-refractivity contribution >= 4 is 0 Å². The number of hydrogen-bond donors (Lipinski definition) is 2. The second-order valence-corrected chi connectivity index (χ2v) is 4.54. The summed E-state index contributed by atoms with van der Waals surface area (Å²) in [7, 11) is 0. The highest BCUT2D eigenvalue weighted by Crippen LogP contribution is 2.24. The smallest absolute Gasteiger partial charge is 0.0470 e. The van der Waals surface area contributed by atoms with Crippen molar-refractivity contribution < 1.29 is 0 Å². The predicted octanol–water partition coefficient (Wildman–Crippen LogP) is 1.75. The van der Waals surface area contributed by atoms with E-state index in [4.69, 9.17) is 5.73 Å². The highest BCUT2D eigenvalue weighted by atomic mass is 15.2. The van der Waals surface area contributed by atoms with E-state index in [1.165, 1.54) is 25.1 Å². The number of aromatic amines is 1. The van der Waals surface area contributed by atoms with Crippen molar-refractivity contribution in [2.24, 2.45) is 11.7 Å². The molecule has 0 saturated carbocycles. The van der Waals surface area contributed by atoms with Crippen LogP contribution in [0.1, 0.15) is 31.5 Å². The molecule has 3 heteroatoms. The summed E-state index contributed by atoms with van der Waals surface area (Å²) in [4.78, 5) is 5.83. The molecule has 1 saturated heterocycles. The molecule has 0 aliphatic carbocycles. The van der Waals surface area contributed by atoms with Gasteiger partial charge in [0.1, 0.15) is 0 Å². The van der Waals surface area contributed by atoms with E-state index >= 15 is 0 Å². The summed E-state index contributed by atoms with van der Waals surface area (Å²) in [6.45, 7) is 5.45. The molecule has 15 heavy (non-hydrogen) atoms. The van der Waals surface area contributed by atoms with Gasteiger partial charge >= 0.3 is 0 Å². The van der Waals surface area contributed by atoms with Gasteiger partial charge in [0.2, 0.25) is 0 Å². The van der Waals surface area contributed by atoms with Crippen LogP contribution in [0.25, 0.3) is 0 Å². The van der Waals surface area contributed by atoms with Gasteiger partial charge in [0.15, 0.2) is 0 Å². The number of nitrogens with two attached hydrogens (primary N) is 1. The first-order valence-corrected chi connectivity index (χ1v) is 5.88. The van der Waals surface area contributed by atoms with Gasteiger partial charge in [0.25, 0.3) is 0 Å². The molecule has 0 bridgehead atoms. The number of aromatic nitrogens is 1. The van der Waals surface area contributed by atoms with Crippen LogP contribution in [0.5, 0.6) is 0 Å². The van der Waals surface area contributed by atoms with Gasteiger partial charge < -0.3 is 10.7 Å². The zero-order valence-corrected chi connectivity index (χ0v) is 9.45. The normalized spacial score (nSPS) is 25.3. The molecule has 3 nitrogen and oxygen atoms in total. The fourth-order valence-electron chi connectivity index (χ4n) is 2.44. The Morgan fingerprint density at radius 3 is 3.20 bits per heavy atom. The van der Waals surface area contributed by atoms with E-state index in [-0.39, 0.29) is 0 Å². The van der Waals surface area contributed by atoms with Gasteiger partial charge in [-0.25, -0.2) is 0 Å². The maximum absolute atomic E-state index is 5.75. The van der Waals surface area contributed by atoms with Crippen molar-refractivity contribution in [3.8, 4) is 0 Å². The number of hydrogen-bond acceptors (Lipinski definition) is 2. The van der Waals surface area contributed by atoms with Crippen molar-refractivity contribution in [3.63, 3.8) is 0 Å². The number of piperidine rings is 1. The molecule has 2 rings (SSSR count). The largest absolute Gasteiger partial charge is 0.364 e. The summed E-state index contributed by atoms with van der Waals surface area (Å²) in [5, 5.41) is 0. The lowest BCUT2D eigenvalue weighted by atomic mass is 9.96. The quantitative estimate of drug-likeness (QED) is 0.793. The number of H-pyrrole nitrogens is 1. The Labute approximate surface area is 91.7 Å². The summed E-state index contributed by atoms with van der Waals surface area (Å²) < 4.78 is 0. The van der Waals surface area contributed by atoms with Crippen LogP contribution in [0.2, 0.25) is 0 Å². The zero-order chi connectivity index (χ0) is 10.7. The Hall–Kier alpha value is -0.800. The van der Waals surface area contributed by atoms with Gasteiger partial charge in [-0.15, -0.1) is 0 Å². The second kappa shape index (κ2) is 4.81. The lowest BCUT2D eigenvalue weighted by Gasteiger charge is -2.36. The molecule has 2 heterocycles. The summed E-state index contributed by atoms with van der Waals surface area (Å²) in [6.07, 6.45) is 4.58. The Balaban J connectivity index is 1.98. The molecule has 1 aliphatic rings. The fourth-order valence-corrected chi connectivity index (χ4v) is 2.44. The Morgan fingerprint density at radius 1 is 1.67 bits per heavy atom. The van der Waals surface area contributed by atoms with E-state index in [0.29, 0.717) is 12.0 Å². The van der Waals surface area contributed by atoms with Crippen LogP contribution in [0.4, 0.5) is 0 Å². The summed E-state index contributed by atoms with van der Waals surface area (Å²) in [5.74, 6) is 0.691. The minimum Gasteiger partial charge on any atom is -0.364 e. The van der Waals surface area contributed by atoms with E-state index in [0.717, 1.165) is 13.1 Å². The van der Waals surface area contributed by atoms with E-state index < -0.39 is 0 Å². The van der Waals surface area contributed by atoms with E-state index in [1.54, 1.807) is 0 Å². The van der Waals surface area contributed by atoms with Crippen molar-refractivity contribution in [2.45, 2.75) is 25.8 Å². The third-order valence-corrected chi connectivity index (χ3v) is 3.50. The SMILES string of the molecule is C[C@H](c1ccc[nH]1)N1CCC[C@H](CN)C1. The number of rotatable bonds is 3. The van der Waals surface area contributed by atoms with Crippen molar-refractivity contribution in [3.05, 3.63) is 24.0 Å². The molecule has 0 radical (unpaired) electrons. The summed E-state index contributed by atoms with van der Waals surface area (Å²) >= 11 is 0. The molecule has 84 valence electrons. The average Bonchev–Trinajstić information content (AvgIpc) is 2.81. The third kappa shape index (κ3) is 2.41. The lowest BCUT2D eigenvalue weighted by Crippen LogP contribution is -2.39. The molecule has 3 N–H and O–H groups in total. The molecule has 0 amide bonds. The Kier molecular flexibility index (Phi) is 3.44. The van der Waals surface area contributed by atoms with Crippen LogP contribution in [-0.4, -0.2) is 29.5 Å². The van der Waals surface area contributed by atoms with Gasteiger partial charge in [0, 0.05) is 24.5 Å². The molecule has 0 aromatic carbocycles. The predicted molar refractivity (Wildman–Crippen MR) is 62.6 cm³/mol. The van der Waals surface area contributed by atoms with Crippen molar-refractivity contribution in [1.82, 2.24) is 9.88 Å². The van der Waals surface area contributed by atoms with Crippen LogP contribution in [0.15, 0.2) is 18.3 Å². The first-order chi connectivity index (χ1) is 7.31. The number of likely N-dealkylation sites (tertiary alicyclic amines) is 1. The van der Waals surface area contributed by atoms with Crippen LogP contribution >= 0.6 is 0 Å². The molecule has 1 aromatic rings. The maximum Gasteiger partial charge on any atom is 0.0470 e. The van der Waals surface area contributed by atoms with Crippen molar-refractivity contribution in [1.29, 1.82) is 0 Å². The second-order valence-electron chi connectivity index (χ2n) is 4.54. The maximum atomic E-state index is 5.75. The minimum atomic E-state index is 0.495. The molecule has 0 unspecified atom stereocenters. The minimum absolute atomic E-state index is 0.495. The zero-order valence-electron chi connectivity index (χ0n) is 9.45. The molecule has 1 fully saturated rings. The van der Waals surface area contributed by atoms with Crippen LogP contribution in [-0.2, 0) is 0 Å². The summed E-state index contributed by atoms with van der Waals surface area (Å²) in [5.41, 5.74) is 7.06. The van der Waals surface area contributed by atoms with Gasteiger partial charge in [-0.2, -0.15) is 0 Å². The molecule has 2 atom stereocenters. The standard InChI is InChI=1S/C12H21N3/c1-10(12-5-2-6-14-12)15-7-3-4-11(8-13)9-15/h2,5-6,10-11,14H,3-4,7-9,13H2,1H3/t10-,11-/m1/s1. The topological polar surface area (TPSA) is 45.0 Å². The van der Waals surface area contributed by atoms with Gasteiger partial charge in [0.05, 0.1) is 0 Å². The van der Waals surface area contributed by atoms with Gasteiger partial charge in [-0.1, -0.05) is 0 Å². The Bertz CT molecular complexity index is 281. The first-order valence-electron chi connectivity index (χ1n) is 5.88. The molecule has 0 spiro atoms. The Morgan fingerprint density at radius 2 is 2.53 bits per heavy atom. The molecular formula is C12H21N3. The van der Waals surface area contributed by atoms with E-state index in [2.05, 4.69) is 28.9 Å². The average molecular weight is 207 g/mol. The third-order valence-electron chi connectivity index (χ3n) is 3.50. The number of nitrogens with one attached hydrogen (secondary N) is 1. The molecule has 1 aliphatic heterocycles. The van der Waals surface area contributed by atoms with Crippen LogP contribution < -0.4 is 5.73 Å². The monoisotopic (exact) mass is 207 g/mol. The van der Waals surface area contributed by atoms with E-state index in [9.17, 15) is 0 Å². The van der Waals surface area contributed by atoms with Crippen molar-refractivity contribution in [2.75, 3.05) is 19.6 Å². The highest BCUT2D eigenvalue weighted by Gasteiger charge is 2.23. The first kappa shape index (κ1) is 10.7. The molecule has 1 aromatic heterocycles. The molecular weight excluding hydrogens is 186 g/mol. The van der Waals surface area contributed by atoms with Gasteiger partial charge in [-0.3, -0.25) is 4.90 Å². The number of nitrogens with zero attached hydrogens (tertiary/aromatic N) is 1. The fraction of sp³-hybridized carbons (Fsp3) is 0.667. The van der Waals surface area contributed by atoms with Crippen LogP contribution in [0, 0.1) is 5.92 Å². The van der Waals surface area contributed by atoms with Gasteiger partial charge in [-0.05, 0) is 50.9 Å². The lowest BCUT2D eigenvalue weighted by molar-refractivity contribution is 0.132. The van der Waals surface area contributed by atoms with E-state index in [1.807, 2.05) is 6.20 Å².